The van der Waals surface area contributed by atoms with Crippen LogP contribution in [-0.2, 0) is 37.9 Å². The molecule has 478 valence electrons. The second-order valence-corrected chi connectivity index (χ2v) is 21.2. The first-order chi connectivity index (χ1) is 40.7. The summed E-state index contributed by atoms with van der Waals surface area (Å²) < 4.78 is 51.0. The smallest absolute Gasteiger partial charge is 0.180 e. The Balaban J connectivity index is 0.000000297. The molecule has 24 heteroatoms. The molecule has 3 unspecified atom stereocenters. The van der Waals surface area contributed by atoms with Crippen molar-refractivity contribution in [2.24, 2.45) is 5.92 Å². The fourth-order valence-electron chi connectivity index (χ4n) is 8.77. The van der Waals surface area contributed by atoms with Gasteiger partial charge >= 0.3 is 0 Å². The summed E-state index contributed by atoms with van der Waals surface area (Å²) in [5.74, 6) is 6.66. The highest BCUT2D eigenvalue weighted by molar-refractivity contribution is 5.23. The Morgan fingerprint density at radius 2 is 0.694 bits per heavy atom. The summed E-state index contributed by atoms with van der Waals surface area (Å²) in [7, 11) is 13.4. The van der Waals surface area contributed by atoms with Crippen LogP contribution >= 0.6 is 0 Å². The van der Waals surface area contributed by atoms with Crippen LogP contribution in [0.1, 0.15) is 248 Å². The molecule has 4 aromatic heterocycles. The molecule has 0 spiro atoms. The fourth-order valence-corrected chi connectivity index (χ4v) is 8.77. The SMILES string of the molecule is CCC(Nn1c([C@H](C)OC)nnc1[C@H](C)OC)c1ccccc1.CCCC(CC)Nn1c([C@H](C)OC)nnc1[C@H](C)OC.CCN(CC(C)C)n1c([C@H](C)OC)nnc1[C@H](C)OC.CO[C@@H](C)c1nnc([C@H](C)OC)n1NC(C)c1ccccc1. The summed E-state index contributed by atoms with van der Waals surface area (Å²) in [5, 5.41) is 36.4. The van der Waals surface area contributed by atoms with Crippen molar-refractivity contribution < 1.29 is 37.9 Å². The summed E-state index contributed by atoms with van der Waals surface area (Å²) in [6.45, 7) is 32.6. The van der Waals surface area contributed by atoms with Crippen molar-refractivity contribution in [2.75, 3.05) is 91.3 Å². The molecule has 0 saturated heterocycles. The van der Waals surface area contributed by atoms with Crippen LogP contribution in [0.5, 0.6) is 0 Å². The zero-order valence-electron chi connectivity index (χ0n) is 55.5. The zero-order chi connectivity index (χ0) is 63.3. The lowest BCUT2D eigenvalue weighted by atomic mass is 10.1. The topological polar surface area (TPSA) is 236 Å². The first-order valence-electron chi connectivity index (χ1n) is 29.9. The summed E-state index contributed by atoms with van der Waals surface area (Å²) >= 11 is 0. The molecule has 0 radical (unpaired) electrons. The molecule has 0 aliphatic heterocycles. The number of methoxy groups -OCH3 is 8. The van der Waals surface area contributed by atoms with Gasteiger partial charge in [-0.2, -0.15) is 0 Å². The monoisotopic (exact) mass is 1190 g/mol. The van der Waals surface area contributed by atoms with Crippen molar-refractivity contribution >= 4 is 0 Å². The molecule has 0 aliphatic rings. The highest BCUT2D eigenvalue weighted by Crippen LogP contribution is 2.27. The van der Waals surface area contributed by atoms with E-state index in [1.54, 1.807) is 56.9 Å². The lowest BCUT2D eigenvalue weighted by Gasteiger charge is -2.30. The maximum Gasteiger partial charge on any atom is 0.180 e. The molecule has 0 fully saturated rings. The largest absolute Gasteiger partial charge is 0.374 e. The number of hydrogen-bond donors (Lipinski definition) is 3. The van der Waals surface area contributed by atoms with Gasteiger partial charge in [0.15, 0.2) is 46.6 Å². The molecule has 4 heterocycles. The lowest BCUT2D eigenvalue weighted by Crippen LogP contribution is -2.40. The normalized spacial score (nSPS) is 15.2. The quantitative estimate of drug-likeness (QED) is 0.0356. The molecule has 6 rings (SSSR count). The average molecular weight is 1190 g/mol. The van der Waals surface area contributed by atoms with Crippen LogP contribution in [0.15, 0.2) is 60.7 Å². The maximum absolute atomic E-state index is 5.42. The summed E-state index contributed by atoms with van der Waals surface area (Å²) in [6, 6.07) is 21.2. The van der Waals surface area contributed by atoms with E-state index in [9.17, 15) is 0 Å². The van der Waals surface area contributed by atoms with Gasteiger partial charge in [-0.05, 0) is 106 Å². The van der Waals surface area contributed by atoms with Crippen LogP contribution in [0.25, 0.3) is 0 Å². The van der Waals surface area contributed by atoms with E-state index in [0.717, 1.165) is 85.4 Å². The predicted molar refractivity (Wildman–Crippen MR) is 333 cm³/mol. The third-order valence-electron chi connectivity index (χ3n) is 14.7. The number of hydrogen-bond acceptors (Lipinski definition) is 20. The molecule has 0 saturated carbocycles. The van der Waals surface area contributed by atoms with Gasteiger partial charge in [-0.15, -0.1) is 40.8 Å². The Kier molecular flexibility index (Phi) is 32.8. The third kappa shape index (κ3) is 20.8. The number of benzene rings is 2. The van der Waals surface area contributed by atoms with Crippen LogP contribution in [0.2, 0.25) is 0 Å². The average Bonchev–Trinajstić information content (AvgIpc) is 3.99. The zero-order valence-corrected chi connectivity index (χ0v) is 55.5. The highest BCUT2D eigenvalue weighted by atomic mass is 16.5. The fraction of sp³-hybridized carbons (Fsp3) is 0.672. The van der Waals surface area contributed by atoms with E-state index in [0.29, 0.717) is 12.0 Å². The number of aromatic nitrogens is 12. The Hall–Kier alpha value is -6.12. The van der Waals surface area contributed by atoms with Gasteiger partial charge in [0, 0.05) is 76.0 Å². The van der Waals surface area contributed by atoms with Gasteiger partial charge < -0.3 is 59.2 Å². The maximum atomic E-state index is 5.42. The van der Waals surface area contributed by atoms with Crippen LogP contribution in [0.3, 0.4) is 0 Å². The second kappa shape index (κ2) is 38.1. The lowest BCUT2D eigenvalue weighted by molar-refractivity contribution is 0.0984. The molecule has 6 aromatic rings. The molecule has 0 aliphatic carbocycles. The van der Waals surface area contributed by atoms with Gasteiger partial charge in [-0.3, -0.25) is 0 Å². The van der Waals surface area contributed by atoms with E-state index in [1.165, 1.54) is 11.1 Å². The molecule has 11 atom stereocenters. The third-order valence-corrected chi connectivity index (χ3v) is 14.7. The standard InChI is InChI=1S/C17H26N4O2.C16H24N4O2.2C14H28N4O2/c1-6-15(14-10-8-7-9-11-14)20-21-16(12(2)22-4)18-19-17(21)13(3)23-5;1-11(14-9-7-6-8-10-14)19-20-15(12(2)21-4)17-18-16(20)13(3)22-5;1-8-17(9-10(2)3)18-13(11(4)19-6)15-16-14(18)12(5)20-7;1-7-9-12(8-2)17-18-13(10(3)19-5)15-16-14(18)11(4)20-6/h7-13,15,20H,6H2,1-5H3;6-13,19H,1-5H3;10-12H,8-9H2,1-7H3;10-12,17H,7-9H2,1-6H3/t12-,13-,15?;11?,12-,13-;11-,12-;10-,11-,12?/m0000/s1. The van der Waals surface area contributed by atoms with Gasteiger partial charge in [0.05, 0.1) is 12.1 Å². The van der Waals surface area contributed by atoms with Gasteiger partial charge in [0.2, 0.25) is 0 Å². The van der Waals surface area contributed by atoms with Crippen LogP contribution in [0, 0.1) is 5.92 Å². The highest BCUT2D eigenvalue weighted by Gasteiger charge is 2.28. The first kappa shape index (κ1) is 73.1. The van der Waals surface area contributed by atoms with Crippen LogP contribution < -0.4 is 21.3 Å². The molecular formula is C61H106N16O8. The van der Waals surface area contributed by atoms with Gasteiger partial charge in [-0.25, -0.2) is 18.7 Å². The molecule has 24 nitrogen and oxygen atoms in total. The Bertz CT molecular complexity index is 2600. The number of nitrogens with zero attached hydrogens (tertiary/aromatic N) is 13. The van der Waals surface area contributed by atoms with Crippen molar-refractivity contribution in [3.63, 3.8) is 0 Å². The molecule has 0 amide bonds. The Morgan fingerprint density at radius 3 is 0.988 bits per heavy atom. The second-order valence-electron chi connectivity index (χ2n) is 21.2. The predicted octanol–water partition coefficient (Wildman–Crippen LogP) is 11.5. The van der Waals surface area contributed by atoms with E-state index >= 15 is 0 Å². The van der Waals surface area contributed by atoms with Crippen molar-refractivity contribution in [2.45, 2.75) is 196 Å². The number of ether oxygens (including phenoxy) is 8. The van der Waals surface area contributed by atoms with Crippen molar-refractivity contribution in [1.82, 2.24) is 59.5 Å². The van der Waals surface area contributed by atoms with Crippen molar-refractivity contribution in [3.05, 3.63) is 118 Å². The van der Waals surface area contributed by atoms with E-state index in [1.807, 2.05) is 106 Å². The van der Waals surface area contributed by atoms with E-state index < -0.39 is 0 Å². The number of nitrogens with one attached hydrogen (secondary N) is 3. The Labute approximate surface area is 507 Å². The van der Waals surface area contributed by atoms with Crippen LogP contribution in [-0.4, -0.2) is 136 Å². The minimum absolute atomic E-state index is 0.0998. The summed E-state index contributed by atoms with van der Waals surface area (Å²) in [5.41, 5.74) is 12.9. The summed E-state index contributed by atoms with van der Waals surface area (Å²) in [6.07, 6.45) is 3.11. The first-order valence-corrected chi connectivity index (χ1v) is 29.9. The molecule has 0 bridgehead atoms. The van der Waals surface area contributed by atoms with Gasteiger partial charge in [0.1, 0.15) is 48.8 Å². The molecule has 2 aromatic carbocycles. The van der Waals surface area contributed by atoms with E-state index in [-0.39, 0.29) is 60.9 Å². The molecular weight excluding hydrogens is 1080 g/mol. The summed E-state index contributed by atoms with van der Waals surface area (Å²) in [4.78, 5) is 0. The van der Waals surface area contributed by atoms with E-state index in [4.69, 9.17) is 37.9 Å². The van der Waals surface area contributed by atoms with Gasteiger partial charge in [0.25, 0.3) is 0 Å². The number of rotatable bonds is 32. The minimum Gasteiger partial charge on any atom is -0.374 e. The van der Waals surface area contributed by atoms with Crippen molar-refractivity contribution in [3.8, 4) is 0 Å². The molecule has 3 N–H and O–H groups in total. The van der Waals surface area contributed by atoms with Gasteiger partial charge in [-0.1, -0.05) is 102 Å². The molecule has 85 heavy (non-hydrogen) atoms. The minimum atomic E-state index is -0.166. The Morgan fingerprint density at radius 1 is 0.388 bits per heavy atom. The van der Waals surface area contributed by atoms with Crippen LogP contribution in [0.4, 0.5) is 0 Å². The van der Waals surface area contributed by atoms with Crippen molar-refractivity contribution in [1.29, 1.82) is 0 Å². The van der Waals surface area contributed by atoms with E-state index in [2.05, 4.69) is 139 Å².